The first-order valence-corrected chi connectivity index (χ1v) is 7.63. The summed E-state index contributed by atoms with van der Waals surface area (Å²) in [4.78, 5) is 13.6. The van der Waals surface area contributed by atoms with Gasteiger partial charge in [0.2, 0.25) is 0 Å². The van der Waals surface area contributed by atoms with Crippen LogP contribution in [0.3, 0.4) is 0 Å². The first-order valence-electron chi connectivity index (χ1n) is 7.63. The Morgan fingerprint density at radius 3 is 2.76 bits per heavy atom. The molecule has 1 N–H and O–H groups in total. The van der Waals surface area contributed by atoms with E-state index in [2.05, 4.69) is 17.9 Å². The lowest BCUT2D eigenvalue weighted by Crippen LogP contribution is -2.23. The Morgan fingerprint density at radius 2 is 2.24 bits per heavy atom. The lowest BCUT2D eigenvalue weighted by atomic mass is 9.92. The highest BCUT2D eigenvalue weighted by Gasteiger charge is 2.36. The fraction of sp³-hybridized carbons (Fsp3) is 0.625. The molecule has 1 aliphatic heterocycles. The van der Waals surface area contributed by atoms with Crippen molar-refractivity contribution in [3.63, 3.8) is 0 Å². The minimum Gasteiger partial charge on any atom is -0.481 e. The summed E-state index contributed by atoms with van der Waals surface area (Å²) in [6.45, 7) is 7.06. The molecule has 0 aromatic carbocycles. The molecule has 0 unspecified atom stereocenters. The van der Waals surface area contributed by atoms with E-state index in [4.69, 9.17) is 5.26 Å². The highest BCUT2D eigenvalue weighted by Crippen LogP contribution is 2.29. The largest absolute Gasteiger partial charge is 0.481 e. The van der Waals surface area contributed by atoms with Crippen LogP contribution in [-0.2, 0) is 17.9 Å². The maximum Gasteiger partial charge on any atom is 0.308 e. The molecule has 2 atom stereocenters. The van der Waals surface area contributed by atoms with Gasteiger partial charge in [0, 0.05) is 32.4 Å². The van der Waals surface area contributed by atoms with Crippen molar-refractivity contribution in [2.75, 3.05) is 13.1 Å². The highest BCUT2D eigenvalue weighted by molar-refractivity contribution is 5.71. The van der Waals surface area contributed by atoms with Crippen molar-refractivity contribution in [1.29, 1.82) is 5.26 Å². The lowest BCUT2D eigenvalue weighted by molar-refractivity contribution is -0.142. The molecule has 1 fully saturated rings. The molecule has 0 spiro atoms. The molecule has 21 heavy (non-hydrogen) atoms. The van der Waals surface area contributed by atoms with Crippen molar-refractivity contribution in [1.82, 2.24) is 9.47 Å². The zero-order valence-electron chi connectivity index (χ0n) is 12.7. The van der Waals surface area contributed by atoms with Crippen molar-refractivity contribution in [2.24, 2.45) is 11.8 Å². The lowest BCUT2D eigenvalue weighted by Gasteiger charge is -2.14. The maximum absolute atomic E-state index is 11.4. The van der Waals surface area contributed by atoms with Gasteiger partial charge in [-0.15, -0.1) is 0 Å². The molecular formula is C16H23N3O2. The molecule has 5 nitrogen and oxygen atoms in total. The molecule has 2 rings (SSSR count). The van der Waals surface area contributed by atoms with Gasteiger partial charge in [0.05, 0.1) is 5.92 Å². The second kappa shape index (κ2) is 6.77. The molecule has 1 aliphatic rings. The molecule has 1 aromatic rings. The number of rotatable bonds is 6. The third-order valence-electron chi connectivity index (χ3n) is 4.31. The zero-order chi connectivity index (χ0) is 15.4. The number of aliphatic carboxylic acids is 1. The van der Waals surface area contributed by atoms with E-state index in [0.29, 0.717) is 12.2 Å². The average Bonchev–Trinajstić information content (AvgIpc) is 3.03. The molecule has 0 saturated carbocycles. The summed E-state index contributed by atoms with van der Waals surface area (Å²) in [5.41, 5.74) is 1.77. The van der Waals surface area contributed by atoms with Gasteiger partial charge < -0.3 is 9.67 Å². The van der Waals surface area contributed by atoms with Crippen molar-refractivity contribution in [2.45, 2.75) is 39.8 Å². The Morgan fingerprint density at radius 1 is 1.48 bits per heavy atom. The van der Waals surface area contributed by atoms with E-state index in [1.54, 1.807) is 0 Å². The first-order chi connectivity index (χ1) is 10.1. The molecule has 0 radical (unpaired) electrons. The number of carboxylic acids is 1. The summed E-state index contributed by atoms with van der Waals surface area (Å²) in [5.74, 6) is -0.690. The van der Waals surface area contributed by atoms with Crippen LogP contribution in [0, 0.1) is 23.2 Å². The summed E-state index contributed by atoms with van der Waals surface area (Å²) in [6.07, 6.45) is 3.99. The van der Waals surface area contributed by atoms with Crippen LogP contribution in [0.1, 0.15) is 37.9 Å². The van der Waals surface area contributed by atoms with Crippen molar-refractivity contribution >= 4 is 5.97 Å². The van der Waals surface area contributed by atoms with Crippen LogP contribution in [0.4, 0.5) is 0 Å². The van der Waals surface area contributed by atoms with Gasteiger partial charge >= 0.3 is 5.97 Å². The predicted molar refractivity (Wildman–Crippen MR) is 79.6 cm³/mol. The highest BCUT2D eigenvalue weighted by atomic mass is 16.4. The van der Waals surface area contributed by atoms with Crippen molar-refractivity contribution < 1.29 is 9.90 Å². The summed E-state index contributed by atoms with van der Waals surface area (Å²) in [5, 5.41) is 18.4. The van der Waals surface area contributed by atoms with Gasteiger partial charge in [0.1, 0.15) is 11.8 Å². The summed E-state index contributed by atoms with van der Waals surface area (Å²) in [7, 11) is 0. The monoisotopic (exact) mass is 289 g/mol. The van der Waals surface area contributed by atoms with Crippen molar-refractivity contribution in [3.05, 3.63) is 23.5 Å². The Balaban J connectivity index is 2.05. The van der Waals surface area contributed by atoms with Gasteiger partial charge in [-0.05, 0) is 30.9 Å². The van der Waals surface area contributed by atoms with Crippen LogP contribution in [0.2, 0.25) is 0 Å². The molecule has 1 aromatic heterocycles. The average molecular weight is 289 g/mol. The van der Waals surface area contributed by atoms with Crippen LogP contribution in [-0.4, -0.2) is 33.6 Å². The maximum atomic E-state index is 11.4. The van der Waals surface area contributed by atoms with Crippen LogP contribution in [0.25, 0.3) is 0 Å². The van der Waals surface area contributed by atoms with E-state index in [9.17, 15) is 9.90 Å². The Hall–Kier alpha value is -1.80. The molecule has 2 heterocycles. The molecule has 1 saturated heterocycles. The van der Waals surface area contributed by atoms with Crippen LogP contribution in [0.5, 0.6) is 0 Å². The second-order valence-corrected chi connectivity index (χ2v) is 5.82. The Bertz CT molecular complexity index is 544. The van der Waals surface area contributed by atoms with Crippen LogP contribution < -0.4 is 0 Å². The standard InChI is InChI=1S/C16H23N3O2/c1-3-5-13-10-18(11-15(13)16(20)21)8-12-6-14(7-17)19(4-2)9-12/h6,9,13,15H,3-5,8,10-11H2,1-2H3,(H,20,21)/t13-,15-/m1/s1. The SMILES string of the molecule is CCC[C@@H]1CN(Cc2cc(C#N)n(CC)c2)C[C@H]1C(=O)O. The summed E-state index contributed by atoms with van der Waals surface area (Å²) in [6, 6.07) is 4.11. The van der Waals surface area contributed by atoms with Gasteiger partial charge in [-0.1, -0.05) is 13.3 Å². The third-order valence-corrected chi connectivity index (χ3v) is 4.31. The van der Waals surface area contributed by atoms with Gasteiger partial charge in [-0.3, -0.25) is 9.69 Å². The van der Waals surface area contributed by atoms with Gasteiger partial charge in [0.25, 0.3) is 0 Å². The number of nitriles is 1. The van der Waals surface area contributed by atoms with Crippen LogP contribution >= 0.6 is 0 Å². The van der Waals surface area contributed by atoms with E-state index in [1.807, 2.05) is 23.8 Å². The smallest absolute Gasteiger partial charge is 0.308 e. The van der Waals surface area contributed by atoms with Crippen molar-refractivity contribution in [3.8, 4) is 6.07 Å². The van der Waals surface area contributed by atoms with Crippen LogP contribution in [0.15, 0.2) is 12.3 Å². The van der Waals surface area contributed by atoms with E-state index < -0.39 is 5.97 Å². The molecule has 0 amide bonds. The fourth-order valence-corrected chi connectivity index (χ4v) is 3.30. The number of hydrogen-bond acceptors (Lipinski definition) is 3. The third kappa shape index (κ3) is 3.45. The molecule has 0 aliphatic carbocycles. The van der Waals surface area contributed by atoms with E-state index in [0.717, 1.165) is 38.0 Å². The Labute approximate surface area is 125 Å². The molecule has 114 valence electrons. The normalized spacial score (nSPS) is 22.3. The molecule has 0 bridgehead atoms. The topological polar surface area (TPSA) is 69.3 Å². The Kier molecular flexibility index (Phi) is 5.03. The molecule has 5 heteroatoms. The van der Waals surface area contributed by atoms with Gasteiger partial charge in [-0.25, -0.2) is 0 Å². The van der Waals surface area contributed by atoms with E-state index >= 15 is 0 Å². The second-order valence-electron chi connectivity index (χ2n) is 5.82. The summed E-state index contributed by atoms with van der Waals surface area (Å²) >= 11 is 0. The predicted octanol–water partition coefficient (Wildman–Crippen LogP) is 2.31. The molecular weight excluding hydrogens is 266 g/mol. The number of carbonyl (C=O) groups is 1. The first kappa shape index (κ1) is 15.6. The minimum absolute atomic E-state index is 0.246. The zero-order valence-corrected chi connectivity index (χ0v) is 12.7. The van der Waals surface area contributed by atoms with Gasteiger partial charge in [0.15, 0.2) is 0 Å². The van der Waals surface area contributed by atoms with Gasteiger partial charge in [-0.2, -0.15) is 5.26 Å². The quantitative estimate of drug-likeness (QED) is 0.872. The summed E-state index contributed by atoms with van der Waals surface area (Å²) < 4.78 is 1.93. The number of aryl methyl sites for hydroxylation is 1. The number of carboxylic acid groups (broad SMARTS) is 1. The minimum atomic E-state index is -0.681. The number of hydrogen-bond donors (Lipinski definition) is 1. The number of likely N-dealkylation sites (tertiary alicyclic amines) is 1. The fourth-order valence-electron chi connectivity index (χ4n) is 3.30. The number of nitrogens with zero attached hydrogens (tertiary/aromatic N) is 3. The van der Waals surface area contributed by atoms with E-state index in [1.165, 1.54) is 0 Å². The van der Waals surface area contributed by atoms with E-state index in [-0.39, 0.29) is 11.8 Å². The number of aromatic nitrogens is 1.